The number of hydrogen-bond acceptors (Lipinski definition) is 3. The van der Waals surface area contributed by atoms with Crippen molar-refractivity contribution in [2.45, 2.75) is 19.6 Å². The van der Waals surface area contributed by atoms with E-state index in [1.807, 2.05) is 0 Å². The van der Waals surface area contributed by atoms with Crippen LogP contribution in [0.25, 0.3) is 0 Å². The van der Waals surface area contributed by atoms with E-state index in [0.29, 0.717) is 12.1 Å². The van der Waals surface area contributed by atoms with Crippen molar-refractivity contribution < 1.29 is 22.7 Å². The second-order valence-corrected chi connectivity index (χ2v) is 3.77. The van der Waals surface area contributed by atoms with Gasteiger partial charge in [-0.1, -0.05) is 6.07 Å². The van der Waals surface area contributed by atoms with Crippen LogP contribution in [-0.2, 0) is 17.5 Å². The smallest absolute Gasteiger partial charge is 0.419 e. The number of halogens is 3. The fourth-order valence-electron chi connectivity index (χ4n) is 1.44. The van der Waals surface area contributed by atoms with Crippen molar-refractivity contribution in [2.75, 3.05) is 13.2 Å². The molecule has 0 unspecified atom stereocenters. The first-order valence-corrected chi connectivity index (χ1v) is 5.68. The number of hydrogen-bond donors (Lipinski definition) is 2. The summed E-state index contributed by atoms with van der Waals surface area (Å²) < 4.78 is 43.4. The number of carbonyl (C=O) groups excluding carboxylic acids is 1. The Hall–Kier alpha value is -1.76. The van der Waals surface area contributed by atoms with E-state index in [0.717, 1.165) is 6.07 Å². The molecular weight excluding hydrogens is 261 g/mol. The van der Waals surface area contributed by atoms with Gasteiger partial charge in [0.05, 0.1) is 5.56 Å². The number of ether oxygens (including phenoxy) is 1. The minimum atomic E-state index is -4.55. The molecule has 0 atom stereocenters. The molecule has 0 radical (unpaired) electrons. The molecule has 106 valence electrons. The van der Waals surface area contributed by atoms with E-state index in [1.165, 1.54) is 12.1 Å². The molecule has 1 amide bonds. The second kappa shape index (κ2) is 6.42. The van der Waals surface area contributed by atoms with E-state index in [1.54, 1.807) is 6.92 Å². The van der Waals surface area contributed by atoms with Gasteiger partial charge in [-0.3, -0.25) is 4.79 Å². The highest BCUT2D eigenvalue weighted by atomic mass is 19.4. The van der Waals surface area contributed by atoms with Crippen LogP contribution in [0.15, 0.2) is 18.2 Å². The molecule has 1 aromatic carbocycles. The Morgan fingerprint density at radius 2 is 2.11 bits per heavy atom. The van der Waals surface area contributed by atoms with Gasteiger partial charge < -0.3 is 15.8 Å². The van der Waals surface area contributed by atoms with E-state index in [4.69, 9.17) is 10.5 Å². The maximum Gasteiger partial charge on any atom is 0.419 e. The molecule has 0 aromatic heterocycles. The van der Waals surface area contributed by atoms with Gasteiger partial charge in [-0.15, -0.1) is 0 Å². The summed E-state index contributed by atoms with van der Waals surface area (Å²) >= 11 is 0. The number of amides is 1. The van der Waals surface area contributed by atoms with Gasteiger partial charge in [0.1, 0.15) is 5.75 Å². The molecular formula is C12H15F3N2O2. The Balaban J connectivity index is 2.91. The van der Waals surface area contributed by atoms with Gasteiger partial charge in [0.2, 0.25) is 0 Å². The molecule has 3 N–H and O–H groups in total. The second-order valence-electron chi connectivity index (χ2n) is 3.77. The minimum Gasteiger partial charge on any atom is -0.483 e. The lowest BCUT2D eigenvalue weighted by molar-refractivity contribution is -0.139. The monoisotopic (exact) mass is 276 g/mol. The molecule has 0 aliphatic carbocycles. The van der Waals surface area contributed by atoms with Crippen molar-refractivity contribution in [1.29, 1.82) is 0 Å². The zero-order valence-corrected chi connectivity index (χ0v) is 10.4. The molecule has 0 aliphatic heterocycles. The number of nitrogens with one attached hydrogen (secondary N) is 1. The predicted octanol–water partition coefficient (Wildman–Crippen LogP) is 1.68. The highest BCUT2D eigenvalue weighted by Crippen LogP contribution is 2.36. The normalized spacial score (nSPS) is 11.2. The number of rotatable bonds is 5. The van der Waals surface area contributed by atoms with Crippen molar-refractivity contribution in [1.82, 2.24) is 5.32 Å². The van der Waals surface area contributed by atoms with Gasteiger partial charge in [0, 0.05) is 13.1 Å². The average Bonchev–Trinajstić information content (AvgIpc) is 2.35. The fraction of sp³-hybridized carbons (Fsp3) is 0.417. The van der Waals surface area contributed by atoms with Crippen LogP contribution in [0.2, 0.25) is 0 Å². The third kappa shape index (κ3) is 4.44. The van der Waals surface area contributed by atoms with Gasteiger partial charge in [0.25, 0.3) is 5.91 Å². The Kier molecular flexibility index (Phi) is 5.17. The molecule has 7 heteroatoms. The van der Waals surface area contributed by atoms with E-state index in [2.05, 4.69) is 5.32 Å². The maximum atomic E-state index is 12.8. The summed E-state index contributed by atoms with van der Waals surface area (Å²) in [5, 5.41) is 2.43. The number of carbonyl (C=O) groups is 1. The summed E-state index contributed by atoms with van der Waals surface area (Å²) in [4.78, 5) is 11.2. The molecule has 1 aromatic rings. The van der Waals surface area contributed by atoms with Crippen LogP contribution in [0.3, 0.4) is 0 Å². The zero-order chi connectivity index (χ0) is 14.5. The summed E-state index contributed by atoms with van der Waals surface area (Å²) in [5.41, 5.74) is 4.72. The summed E-state index contributed by atoms with van der Waals surface area (Å²) in [5.74, 6) is -0.852. The zero-order valence-electron chi connectivity index (χ0n) is 10.4. The lowest BCUT2D eigenvalue weighted by atomic mass is 10.1. The van der Waals surface area contributed by atoms with Crippen LogP contribution in [0.5, 0.6) is 5.75 Å². The molecule has 0 bridgehead atoms. The predicted molar refractivity (Wildman–Crippen MR) is 63.5 cm³/mol. The van der Waals surface area contributed by atoms with Gasteiger partial charge in [-0.05, 0) is 24.6 Å². The first-order chi connectivity index (χ1) is 8.88. The molecule has 4 nitrogen and oxygen atoms in total. The van der Waals surface area contributed by atoms with Gasteiger partial charge >= 0.3 is 6.18 Å². The number of benzene rings is 1. The van der Waals surface area contributed by atoms with Crippen LogP contribution in [0.1, 0.15) is 18.1 Å². The average molecular weight is 276 g/mol. The van der Waals surface area contributed by atoms with Crippen molar-refractivity contribution >= 4 is 5.91 Å². The summed E-state index contributed by atoms with van der Waals surface area (Å²) in [7, 11) is 0. The Morgan fingerprint density at radius 3 is 2.63 bits per heavy atom. The number of nitrogens with two attached hydrogens (primary N) is 1. The lowest BCUT2D eigenvalue weighted by Gasteiger charge is -2.14. The first-order valence-electron chi connectivity index (χ1n) is 5.68. The quantitative estimate of drug-likeness (QED) is 0.860. The van der Waals surface area contributed by atoms with Crippen molar-refractivity contribution in [2.24, 2.45) is 5.73 Å². The highest BCUT2D eigenvalue weighted by Gasteiger charge is 2.34. The molecule has 19 heavy (non-hydrogen) atoms. The van der Waals surface area contributed by atoms with Crippen LogP contribution in [0.4, 0.5) is 13.2 Å². The molecule has 0 saturated carbocycles. The first kappa shape index (κ1) is 15.3. The van der Waals surface area contributed by atoms with E-state index in [-0.39, 0.29) is 12.3 Å². The van der Waals surface area contributed by atoms with Gasteiger partial charge in [-0.25, -0.2) is 0 Å². The van der Waals surface area contributed by atoms with Crippen molar-refractivity contribution in [3.63, 3.8) is 0 Å². The summed E-state index contributed by atoms with van der Waals surface area (Å²) in [6.45, 7) is 1.63. The van der Waals surface area contributed by atoms with Crippen LogP contribution in [0, 0.1) is 0 Å². The molecule has 0 aliphatic rings. The molecule has 0 saturated heterocycles. The maximum absolute atomic E-state index is 12.8. The van der Waals surface area contributed by atoms with Crippen molar-refractivity contribution in [3.05, 3.63) is 29.3 Å². The number of likely N-dealkylation sites (N-methyl/N-ethyl adjacent to an activating group) is 1. The standard InChI is InChI=1S/C12H15F3N2O2/c1-2-17-11(18)7-19-10-4-3-8(6-16)5-9(10)12(13,14)15/h3-5H,2,6-7,16H2,1H3,(H,17,18). The van der Waals surface area contributed by atoms with Crippen molar-refractivity contribution in [3.8, 4) is 5.75 Å². The molecule has 0 heterocycles. The van der Waals surface area contributed by atoms with E-state index in [9.17, 15) is 18.0 Å². The molecule has 0 spiro atoms. The third-order valence-corrected chi connectivity index (χ3v) is 2.32. The van der Waals surface area contributed by atoms with E-state index >= 15 is 0 Å². The molecule has 0 fully saturated rings. The summed E-state index contributed by atoms with van der Waals surface area (Å²) in [6.07, 6.45) is -4.55. The Labute approximate surface area is 108 Å². The topological polar surface area (TPSA) is 64.3 Å². The largest absolute Gasteiger partial charge is 0.483 e. The van der Waals surface area contributed by atoms with Crippen LogP contribution >= 0.6 is 0 Å². The van der Waals surface area contributed by atoms with Crippen LogP contribution in [-0.4, -0.2) is 19.1 Å². The van der Waals surface area contributed by atoms with Crippen LogP contribution < -0.4 is 15.8 Å². The SMILES string of the molecule is CCNC(=O)COc1ccc(CN)cc1C(F)(F)F. The third-order valence-electron chi connectivity index (χ3n) is 2.32. The highest BCUT2D eigenvalue weighted by molar-refractivity contribution is 5.77. The summed E-state index contributed by atoms with van der Waals surface area (Å²) in [6, 6.07) is 3.53. The fourth-order valence-corrected chi connectivity index (χ4v) is 1.44. The number of alkyl halides is 3. The Bertz CT molecular complexity index is 447. The molecule has 1 rings (SSSR count). The van der Waals surface area contributed by atoms with Gasteiger partial charge in [0.15, 0.2) is 6.61 Å². The lowest BCUT2D eigenvalue weighted by Crippen LogP contribution is -2.28. The minimum absolute atomic E-state index is 0.000317. The van der Waals surface area contributed by atoms with Gasteiger partial charge in [-0.2, -0.15) is 13.2 Å². The Morgan fingerprint density at radius 1 is 1.42 bits per heavy atom. The van der Waals surface area contributed by atoms with E-state index < -0.39 is 24.3 Å².